The van der Waals surface area contributed by atoms with Crippen molar-refractivity contribution in [1.82, 2.24) is 0 Å². The molecule has 0 N–H and O–H groups in total. The Kier molecular flexibility index (Phi) is 8.99. The van der Waals surface area contributed by atoms with Crippen molar-refractivity contribution in [2.45, 2.75) is 80.1 Å². The molecule has 0 amide bonds. The molecule has 0 radical (unpaired) electrons. The monoisotopic (exact) mass is 472 g/mol. The fourth-order valence-electron chi connectivity index (χ4n) is 6.07. The van der Waals surface area contributed by atoms with Gasteiger partial charge < -0.3 is 0 Å². The van der Waals surface area contributed by atoms with E-state index in [2.05, 4.69) is 51.1 Å². The van der Waals surface area contributed by atoms with Crippen LogP contribution in [0.4, 0.5) is 0 Å². The lowest BCUT2D eigenvalue weighted by Crippen LogP contribution is -2.38. The van der Waals surface area contributed by atoms with Gasteiger partial charge >= 0.3 is 0 Å². The molecule has 2 aliphatic carbocycles. The molecule has 2 aromatic rings. The number of Topliss-reactive ketones (excluding diaryl/α,β-unsaturated/α-hetero) is 3. The molecule has 0 bridgehead atoms. The van der Waals surface area contributed by atoms with Gasteiger partial charge in [-0.3, -0.25) is 14.4 Å². The van der Waals surface area contributed by atoms with E-state index in [1.54, 1.807) is 0 Å². The Hall–Kier alpha value is -2.81. The summed E-state index contributed by atoms with van der Waals surface area (Å²) in [5.41, 5.74) is 7.41. The highest BCUT2D eigenvalue weighted by Gasteiger charge is 2.43. The normalized spacial score (nSPS) is 21.0. The Morgan fingerprint density at radius 1 is 0.943 bits per heavy atom. The summed E-state index contributed by atoms with van der Waals surface area (Å²) in [6.07, 6.45) is 4.84. The van der Waals surface area contributed by atoms with Crippen molar-refractivity contribution in [2.24, 2.45) is 17.8 Å². The number of benzene rings is 2. The Bertz CT molecular complexity index is 1120. The SMILES string of the molecule is CCCC1CC2Cc3c(C)ccc(C)c3C(=O)C2=C(C)C1C(=O)CC(C)=O.CCc1ccccc1. The molecule has 3 heteroatoms. The minimum Gasteiger partial charge on any atom is -0.300 e. The van der Waals surface area contributed by atoms with E-state index in [1.165, 1.54) is 23.6 Å². The molecule has 0 aliphatic heterocycles. The van der Waals surface area contributed by atoms with Gasteiger partial charge in [-0.1, -0.05) is 68.3 Å². The Labute approximate surface area is 211 Å². The van der Waals surface area contributed by atoms with Crippen molar-refractivity contribution >= 4 is 17.3 Å². The zero-order valence-electron chi connectivity index (χ0n) is 22.2. The summed E-state index contributed by atoms with van der Waals surface area (Å²) in [6, 6.07) is 14.6. The van der Waals surface area contributed by atoms with E-state index in [4.69, 9.17) is 0 Å². The second-order valence-corrected chi connectivity index (χ2v) is 10.3. The number of ketones is 3. The van der Waals surface area contributed by atoms with Gasteiger partial charge in [-0.05, 0) is 87.5 Å². The predicted molar refractivity (Wildman–Crippen MR) is 143 cm³/mol. The molecule has 2 aliphatic rings. The van der Waals surface area contributed by atoms with Gasteiger partial charge in [0, 0.05) is 17.1 Å². The number of rotatable bonds is 6. The van der Waals surface area contributed by atoms with E-state index in [0.717, 1.165) is 54.4 Å². The van der Waals surface area contributed by atoms with E-state index < -0.39 is 0 Å². The average Bonchev–Trinajstić information content (AvgIpc) is 2.82. The molecule has 35 heavy (non-hydrogen) atoms. The fraction of sp³-hybridized carbons (Fsp3) is 0.469. The van der Waals surface area contributed by atoms with Crippen LogP contribution in [-0.4, -0.2) is 17.3 Å². The first-order valence-electron chi connectivity index (χ1n) is 13.1. The standard InChI is InChI=1S/C24H30O3.C8H10/c1-6-7-17-11-18-12-19-13(2)8-9-14(3)21(19)24(27)23(18)16(5)22(17)20(26)10-15(4)25;1-2-8-6-4-3-5-7-8/h8-9,17-18,22H,6-7,10-12H2,1-5H3;3-7H,2H2,1H3. The molecule has 0 saturated heterocycles. The maximum Gasteiger partial charge on any atom is 0.189 e. The van der Waals surface area contributed by atoms with E-state index in [9.17, 15) is 14.4 Å². The number of fused-ring (bicyclic) bond motifs is 2. The van der Waals surface area contributed by atoms with Crippen LogP contribution in [0.25, 0.3) is 0 Å². The van der Waals surface area contributed by atoms with E-state index in [-0.39, 0.29) is 41.5 Å². The van der Waals surface area contributed by atoms with Gasteiger partial charge in [0.25, 0.3) is 0 Å². The molecule has 0 heterocycles. The van der Waals surface area contributed by atoms with Crippen LogP contribution in [0.15, 0.2) is 53.6 Å². The molecule has 0 spiro atoms. The van der Waals surface area contributed by atoms with Crippen molar-refractivity contribution in [3.63, 3.8) is 0 Å². The zero-order chi connectivity index (χ0) is 25.7. The van der Waals surface area contributed by atoms with Gasteiger partial charge in [0.05, 0.1) is 6.42 Å². The third kappa shape index (κ3) is 5.89. The molecule has 0 aromatic heterocycles. The van der Waals surface area contributed by atoms with Gasteiger partial charge in [0.15, 0.2) is 5.78 Å². The number of carbonyl (C=O) groups excluding carboxylic acids is 3. The molecular weight excluding hydrogens is 432 g/mol. The van der Waals surface area contributed by atoms with Gasteiger partial charge in [0.2, 0.25) is 0 Å². The van der Waals surface area contributed by atoms with Crippen molar-refractivity contribution < 1.29 is 14.4 Å². The topological polar surface area (TPSA) is 51.2 Å². The summed E-state index contributed by atoms with van der Waals surface area (Å²) in [7, 11) is 0. The molecule has 0 saturated carbocycles. The van der Waals surface area contributed by atoms with Crippen molar-refractivity contribution in [1.29, 1.82) is 0 Å². The largest absolute Gasteiger partial charge is 0.300 e. The molecular formula is C32H40O3. The van der Waals surface area contributed by atoms with E-state index >= 15 is 0 Å². The van der Waals surface area contributed by atoms with Crippen LogP contribution in [0.3, 0.4) is 0 Å². The smallest absolute Gasteiger partial charge is 0.189 e. The molecule has 0 fully saturated rings. The molecule has 3 nitrogen and oxygen atoms in total. The maximum absolute atomic E-state index is 13.5. The van der Waals surface area contributed by atoms with E-state index in [1.807, 2.05) is 26.0 Å². The van der Waals surface area contributed by atoms with Crippen LogP contribution in [0.5, 0.6) is 0 Å². The summed E-state index contributed by atoms with van der Waals surface area (Å²) >= 11 is 0. The van der Waals surface area contributed by atoms with E-state index in [0.29, 0.717) is 0 Å². The van der Waals surface area contributed by atoms with Gasteiger partial charge in [-0.15, -0.1) is 0 Å². The first-order chi connectivity index (χ1) is 16.7. The number of hydrogen-bond acceptors (Lipinski definition) is 3. The van der Waals surface area contributed by atoms with Crippen LogP contribution < -0.4 is 0 Å². The average molecular weight is 473 g/mol. The third-order valence-corrected chi connectivity index (χ3v) is 7.72. The molecule has 3 atom stereocenters. The summed E-state index contributed by atoms with van der Waals surface area (Å²) in [5, 5.41) is 0. The number of carbonyl (C=O) groups is 3. The first kappa shape index (κ1) is 26.8. The predicted octanol–water partition coefficient (Wildman–Crippen LogP) is 7.21. The minimum absolute atomic E-state index is 0.0102. The van der Waals surface area contributed by atoms with Crippen LogP contribution in [0.2, 0.25) is 0 Å². The lowest BCUT2D eigenvalue weighted by molar-refractivity contribution is -0.129. The van der Waals surface area contributed by atoms with Gasteiger partial charge in [-0.2, -0.15) is 0 Å². The number of hydrogen-bond donors (Lipinski definition) is 0. The van der Waals surface area contributed by atoms with Gasteiger partial charge in [0.1, 0.15) is 11.6 Å². The lowest BCUT2D eigenvalue weighted by Gasteiger charge is -2.41. The van der Waals surface area contributed by atoms with Crippen LogP contribution >= 0.6 is 0 Å². The second-order valence-electron chi connectivity index (χ2n) is 10.3. The highest BCUT2D eigenvalue weighted by atomic mass is 16.1. The molecule has 4 rings (SSSR count). The maximum atomic E-state index is 13.5. The quantitative estimate of drug-likeness (QED) is 0.417. The van der Waals surface area contributed by atoms with Gasteiger partial charge in [-0.25, -0.2) is 0 Å². The Morgan fingerprint density at radius 3 is 2.17 bits per heavy atom. The van der Waals surface area contributed by atoms with Crippen LogP contribution in [0.1, 0.15) is 86.0 Å². The third-order valence-electron chi connectivity index (χ3n) is 7.72. The van der Waals surface area contributed by atoms with Crippen molar-refractivity contribution in [3.8, 4) is 0 Å². The highest BCUT2D eigenvalue weighted by Crippen LogP contribution is 2.47. The number of aryl methyl sites for hydroxylation is 3. The summed E-state index contributed by atoms with van der Waals surface area (Å²) in [6.45, 7) is 11.8. The van der Waals surface area contributed by atoms with Crippen LogP contribution in [-0.2, 0) is 22.4 Å². The Morgan fingerprint density at radius 2 is 1.60 bits per heavy atom. The molecule has 3 unspecified atom stereocenters. The van der Waals surface area contributed by atoms with Crippen molar-refractivity contribution in [2.75, 3.05) is 0 Å². The zero-order valence-corrected chi connectivity index (χ0v) is 22.2. The summed E-state index contributed by atoms with van der Waals surface area (Å²) in [5.74, 6) is 0.149. The lowest BCUT2D eigenvalue weighted by atomic mass is 9.62. The fourth-order valence-corrected chi connectivity index (χ4v) is 6.07. The summed E-state index contributed by atoms with van der Waals surface area (Å²) < 4.78 is 0. The van der Waals surface area contributed by atoms with Crippen molar-refractivity contribution in [3.05, 3.63) is 81.4 Å². The first-order valence-corrected chi connectivity index (χ1v) is 13.1. The molecule has 186 valence electrons. The second kappa shape index (κ2) is 11.7. The minimum atomic E-state index is -0.282. The number of allylic oxidation sites excluding steroid dienone is 2. The molecule has 2 aromatic carbocycles. The highest BCUT2D eigenvalue weighted by molar-refractivity contribution is 6.13. The Balaban J connectivity index is 0.000000363. The van der Waals surface area contributed by atoms with Crippen LogP contribution in [0, 0.1) is 31.6 Å². The summed E-state index contributed by atoms with van der Waals surface area (Å²) in [4.78, 5) is 37.9.